The molecule has 0 fully saturated rings. The summed E-state index contributed by atoms with van der Waals surface area (Å²) in [6.45, 7) is 2.21. The molecule has 0 radical (unpaired) electrons. The minimum atomic E-state index is -0.707. The first-order valence-corrected chi connectivity index (χ1v) is 14.6. The van der Waals surface area contributed by atoms with Crippen LogP contribution in [0.5, 0.6) is 11.5 Å². The predicted octanol–water partition coefficient (Wildman–Crippen LogP) is 5.46. The average molecular weight is 588 g/mol. The highest BCUT2D eigenvalue weighted by atomic mass is 32.1. The molecule has 0 aliphatic carbocycles. The van der Waals surface area contributed by atoms with Gasteiger partial charge in [-0.15, -0.1) is 0 Å². The van der Waals surface area contributed by atoms with Crippen molar-refractivity contribution in [3.8, 4) is 11.5 Å². The van der Waals surface area contributed by atoms with Crippen LogP contribution in [0.3, 0.4) is 0 Å². The molecule has 0 unspecified atom stereocenters. The van der Waals surface area contributed by atoms with Crippen LogP contribution in [-0.2, 0) is 11.4 Å². The number of amides is 1. The molecule has 8 heteroatoms. The molecule has 1 N–H and O–H groups in total. The number of carbonyl (C=O) groups is 1. The van der Waals surface area contributed by atoms with Crippen molar-refractivity contribution < 1.29 is 14.3 Å². The van der Waals surface area contributed by atoms with Crippen molar-refractivity contribution in [3.05, 3.63) is 157 Å². The summed E-state index contributed by atoms with van der Waals surface area (Å²) in [5.41, 5.74) is 3.91. The molecule has 43 heavy (non-hydrogen) atoms. The Bertz CT molecular complexity index is 2000. The second-order valence-electron chi connectivity index (χ2n) is 9.99. The fourth-order valence-electron chi connectivity index (χ4n) is 5.07. The normalized spacial score (nSPS) is 14.6. The van der Waals surface area contributed by atoms with Gasteiger partial charge < -0.3 is 14.8 Å². The van der Waals surface area contributed by atoms with Gasteiger partial charge >= 0.3 is 0 Å². The monoisotopic (exact) mass is 587 g/mol. The van der Waals surface area contributed by atoms with Crippen LogP contribution in [0.2, 0.25) is 0 Å². The molecule has 6 rings (SSSR count). The first-order valence-electron chi connectivity index (χ1n) is 13.8. The van der Waals surface area contributed by atoms with Crippen molar-refractivity contribution in [1.82, 2.24) is 4.57 Å². The van der Waals surface area contributed by atoms with E-state index in [0.717, 1.165) is 16.7 Å². The highest BCUT2D eigenvalue weighted by Gasteiger charge is 2.32. The Morgan fingerprint density at radius 3 is 2.44 bits per heavy atom. The van der Waals surface area contributed by atoms with Crippen molar-refractivity contribution in [3.63, 3.8) is 0 Å². The summed E-state index contributed by atoms with van der Waals surface area (Å²) in [7, 11) is 1.59. The molecule has 0 bridgehead atoms. The van der Waals surface area contributed by atoms with Crippen LogP contribution in [0.1, 0.15) is 29.7 Å². The molecule has 1 amide bonds. The Morgan fingerprint density at radius 2 is 1.67 bits per heavy atom. The number of para-hydroxylation sites is 2. The number of allylic oxidation sites excluding steroid dienone is 1. The Morgan fingerprint density at radius 1 is 0.953 bits per heavy atom. The number of hydrogen-bond donors (Lipinski definition) is 1. The Labute approximate surface area is 252 Å². The van der Waals surface area contributed by atoms with Gasteiger partial charge in [0.15, 0.2) is 4.80 Å². The number of fused-ring (bicyclic) bond motifs is 1. The molecule has 1 aromatic heterocycles. The molecule has 0 spiro atoms. The van der Waals surface area contributed by atoms with Gasteiger partial charge in [0, 0.05) is 11.3 Å². The van der Waals surface area contributed by atoms with E-state index in [1.807, 2.05) is 115 Å². The number of ether oxygens (including phenoxy) is 2. The topological polar surface area (TPSA) is 81.9 Å². The number of hydrogen-bond acceptors (Lipinski definition) is 6. The fourth-order valence-corrected chi connectivity index (χ4v) is 6.10. The maximum absolute atomic E-state index is 14.1. The van der Waals surface area contributed by atoms with Crippen molar-refractivity contribution in [2.24, 2.45) is 4.99 Å². The van der Waals surface area contributed by atoms with Gasteiger partial charge in [-0.2, -0.15) is 0 Å². The third-order valence-electron chi connectivity index (χ3n) is 7.15. The molecule has 7 nitrogen and oxygen atoms in total. The summed E-state index contributed by atoms with van der Waals surface area (Å²) < 4.78 is 13.7. The molecule has 0 saturated carbocycles. The molecule has 1 aliphatic rings. The van der Waals surface area contributed by atoms with Crippen LogP contribution < -0.4 is 29.7 Å². The lowest BCUT2D eigenvalue weighted by Crippen LogP contribution is -2.40. The van der Waals surface area contributed by atoms with Crippen LogP contribution in [0, 0.1) is 0 Å². The highest BCUT2D eigenvalue weighted by molar-refractivity contribution is 7.07. The molecule has 4 aromatic carbocycles. The highest BCUT2D eigenvalue weighted by Crippen LogP contribution is 2.32. The quantitative estimate of drug-likeness (QED) is 0.261. The lowest BCUT2D eigenvalue weighted by molar-refractivity contribution is -0.113. The molecule has 2 heterocycles. The zero-order valence-corrected chi connectivity index (χ0v) is 24.5. The van der Waals surface area contributed by atoms with E-state index in [4.69, 9.17) is 14.5 Å². The van der Waals surface area contributed by atoms with Gasteiger partial charge in [0.2, 0.25) is 0 Å². The lowest BCUT2D eigenvalue weighted by atomic mass is 9.95. The fraction of sp³-hybridized carbons (Fsp3) is 0.114. The van der Waals surface area contributed by atoms with E-state index in [1.54, 1.807) is 18.6 Å². The first kappa shape index (κ1) is 27.9. The molecule has 214 valence electrons. The van der Waals surface area contributed by atoms with Gasteiger partial charge in [-0.1, -0.05) is 90.2 Å². The standard InChI is InChI=1S/C35H29N3O4S/c1-23-31(33(39)37-27-16-7-4-8-17-27)32(26-15-11-18-28(20-26)41-2)38-34(40)30(43-35(38)36-23)21-25-14-9-10-19-29(25)42-22-24-12-5-3-6-13-24/h3-21,32H,22H2,1-2H3,(H,37,39)/b30-21+/t32-/m0/s1. The van der Waals surface area contributed by atoms with Crippen LogP contribution in [0.15, 0.2) is 130 Å². The van der Waals surface area contributed by atoms with Crippen LogP contribution >= 0.6 is 11.3 Å². The van der Waals surface area contributed by atoms with Gasteiger partial charge in [0.25, 0.3) is 11.5 Å². The molecule has 1 aliphatic heterocycles. The van der Waals surface area contributed by atoms with Gasteiger partial charge in [-0.05, 0) is 54.5 Å². The second kappa shape index (κ2) is 12.3. The number of benzene rings is 4. The number of anilines is 1. The third-order valence-corrected chi connectivity index (χ3v) is 8.13. The van der Waals surface area contributed by atoms with E-state index in [9.17, 15) is 9.59 Å². The van der Waals surface area contributed by atoms with Gasteiger partial charge in [0.05, 0.1) is 29.0 Å². The van der Waals surface area contributed by atoms with Crippen LogP contribution in [0.4, 0.5) is 5.69 Å². The van der Waals surface area contributed by atoms with E-state index in [1.165, 1.54) is 11.3 Å². The van der Waals surface area contributed by atoms with Crippen LogP contribution in [0.25, 0.3) is 6.08 Å². The number of aromatic nitrogens is 1. The molecule has 5 aromatic rings. The summed E-state index contributed by atoms with van der Waals surface area (Å²) in [6, 6.07) is 33.5. The largest absolute Gasteiger partial charge is 0.497 e. The summed E-state index contributed by atoms with van der Waals surface area (Å²) >= 11 is 1.29. The summed E-state index contributed by atoms with van der Waals surface area (Å²) in [4.78, 5) is 33.2. The van der Waals surface area contributed by atoms with E-state index < -0.39 is 6.04 Å². The smallest absolute Gasteiger partial charge is 0.271 e. The maximum atomic E-state index is 14.1. The number of methoxy groups -OCH3 is 1. The number of nitrogens with zero attached hydrogens (tertiary/aromatic N) is 2. The lowest BCUT2D eigenvalue weighted by Gasteiger charge is -2.25. The molecule has 0 saturated heterocycles. The molecular weight excluding hydrogens is 558 g/mol. The number of carbonyl (C=O) groups excluding carboxylic acids is 1. The zero-order valence-electron chi connectivity index (χ0n) is 23.7. The van der Waals surface area contributed by atoms with E-state index >= 15 is 0 Å². The van der Waals surface area contributed by atoms with Crippen molar-refractivity contribution in [2.75, 3.05) is 12.4 Å². The SMILES string of the molecule is COc1cccc([C@H]2C(C(=O)Nc3ccccc3)=C(C)N=c3s/c(=C/c4ccccc4OCc4ccccc4)c(=O)n32)c1. The number of thiazole rings is 1. The minimum absolute atomic E-state index is 0.244. The third kappa shape index (κ3) is 5.91. The van der Waals surface area contributed by atoms with E-state index in [2.05, 4.69) is 5.32 Å². The van der Waals surface area contributed by atoms with Crippen molar-refractivity contribution in [2.45, 2.75) is 19.6 Å². The predicted molar refractivity (Wildman–Crippen MR) is 169 cm³/mol. The van der Waals surface area contributed by atoms with Gasteiger partial charge in [-0.3, -0.25) is 14.2 Å². The Balaban J connectivity index is 1.44. The molecular formula is C35H29N3O4S. The summed E-state index contributed by atoms with van der Waals surface area (Å²) in [5.74, 6) is 0.969. The van der Waals surface area contributed by atoms with Crippen molar-refractivity contribution >= 4 is 29.0 Å². The zero-order chi connectivity index (χ0) is 29.8. The minimum Gasteiger partial charge on any atom is -0.497 e. The average Bonchev–Trinajstić information content (AvgIpc) is 3.34. The summed E-state index contributed by atoms with van der Waals surface area (Å²) in [6.07, 6.45) is 1.83. The van der Waals surface area contributed by atoms with E-state index in [0.29, 0.717) is 44.4 Å². The summed E-state index contributed by atoms with van der Waals surface area (Å²) in [5, 5.41) is 2.98. The first-order chi connectivity index (χ1) is 21.0. The number of nitrogens with one attached hydrogen (secondary N) is 1. The Hall–Kier alpha value is -5.21. The van der Waals surface area contributed by atoms with Crippen molar-refractivity contribution in [1.29, 1.82) is 0 Å². The number of rotatable bonds is 8. The van der Waals surface area contributed by atoms with Gasteiger partial charge in [0.1, 0.15) is 18.1 Å². The molecule has 1 atom stereocenters. The Kier molecular flexibility index (Phi) is 8.02. The van der Waals surface area contributed by atoms with E-state index in [-0.39, 0.29) is 11.5 Å². The maximum Gasteiger partial charge on any atom is 0.271 e. The second-order valence-corrected chi connectivity index (χ2v) is 11.0. The van der Waals surface area contributed by atoms with Crippen LogP contribution in [-0.4, -0.2) is 17.6 Å². The van der Waals surface area contributed by atoms with Gasteiger partial charge in [-0.25, -0.2) is 4.99 Å².